The molecule has 0 saturated carbocycles. The van der Waals surface area contributed by atoms with E-state index in [1.807, 2.05) is 31.2 Å². The largest absolute Gasteiger partial charge is 0.467 e. The molecule has 36 heavy (non-hydrogen) atoms. The first kappa shape index (κ1) is 25.1. The lowest BCUT2D eigenvalue weighted by molar-refractivity contribution is -0.141. The van der Waals surface area contributed by atoms with Crippen LogP contribution in [0.3, 0.4) is 0 Å². The predicted octanol–water partition coefficient (Wildman–Crippen LogP) is 6.34. The molecule has 0 spiro atoms. The zero-order chi connectivity index (χ0) is 25.7. The minimum atomic E-state index is -4.69. The monoisotopic (exact) mass is 515 g/mol. The third-order valence-corrected chi connectivity index (χ3v) is 5.39. The lowest BCUT2D eigenvalue weighted by Gasteiger charge is -2.11. The van der Waals surface area contributed by atoms with E-state index in [9.17, 15) is 18.0 Å². The number of carbonyl (C=O) groups excluding carboxylic acids is 1. The fraction of sp³-hybridized carbons (Fsp3) is 0.154. The van der Waals surface area contributed by atoms with Gasteiger partial charge < -0.3 is 14.8 Å². The minimum Gasteiger partial charge on any atom is -0.467 e. The number of alkyl halides is 3. The molecule has 3 aromatic carbocycles. The zero-order valence-corrected chi connectivity index (χ0v) is 19.8. The van der Waals surface area contributed by atoms with Crippen LogP contribution in [0.1, 0.15) is 16.8 Å². The topological polar surface area (TPSA) is 65.4 Å². The third-order valence-electron chi connectivity index (χ3n) is 5.07. The quantitative estimate of drug-likeness (QED) is 0.297. The molecule has 4 rings (SSSR count). The molecule has 6 nitrogen and oxygen atoms in total. The van der Waals surface area contributed by atoms with Crippen LogP contribution in [-0.4, -0.2) is 22.3 Å². The maximum absolute atomic E-state index is 13.2. The van der Waals surface area contributed by atoms with Gasteiger partial charge in [0, 0.05) is 12.6 Å². The van der Waals surface area contributed by atoms with Gasteiger partial charge in [-0.15, -0.1) is 0 Å². The van der Waals surface area contributed by atoms with Gasteiger partial charge in [-0.3, -0.25) is 4.79 Å². The summed E-state index contributed by atoms with van der Waals surface area (Å²) in [5, 5.41) is 6.41. The van der Waals surface area contributed by atoms with Gasteiger partial charge >= 0.3 is 6.18 Å². The summed E-state index contributed by atoms with van der Waals surface area (Å²) in [6.07, 6.45) is -4.69. The summed E-state index contributed by atoms with van der Waals surface area (Å²) in [5.74, 6) is 0.577. The molecule has 0 fully saturated rings. The van der Waals surface area contributed by atoms with Crippen molar-refractivity contribution in [2.75, 3.05) is 6.61 Å². The fourth-order valence-corrected chi connectivity index (χ4v) is 3.43. The SMILES string of the molecule is Cc1ccc(Oc2ccc(CNC(=O)COc3cc(C(F)(F)F)nn3-c3ccccc3Cl)cc2)cc1. The van der Waals surface area contributed by atoms with E-state index in [1.54, 1.807) is 36.4 Å². The first-order chi connectivity index (χ1) is 17.2. The molecule has 4 aromatic rings. The summed E-state index contributed by atoms with van der Waals surface area (Å²) in [6.45, 7) is 1.68. The van der Waals surface area contributed by atoms with Crippen molar-refractivity contribution in [2.24, 2.45) is 0 Å². The number of aromatic nitrogens is 2. The van der Waals surface area contributed by atoms with Crippen LogP contribution >= 0.6 is 11.6 Å². The summed E-state index contributed by atoms with van der Waals surface area (Å²) < 4.78 is 51.7. The van der Waals surface area contributed by atoms with Crippen LogP contribution in [0.25, 0.3) is 5.69 Å². The Bertz CT molecular complexity index is 1340. The van der Waals surface area contributed by atoms with E-state index in [1.165, 1.54) is 12.1 Å². The van der Waals surface area contributed by atoms with Crippen LogP contribution in [0, 0.1) is 6.92 Å². The van der Waals surface area contributed by atoms with Crippen molar-refractivity contribution in [1.29, 1.82) is 0 Å². The van der Waals surface area contributed by atoms with Crippen LogP contribution in [0.2, 0.25) is 5.02 Å². The van der Waals surface area contributed by atoms with E-state index in [4.69, 9.17) is 21.1 Å². The second-order valence-electron chi connectivity index (χ2n) is 7.85. The molecule has 0 aliphatic rings. The number of para-hydroxylation sites is 1. The highest BCUT2D eigenvalue weighted by molar-refractivity contribution is 6.32. The number of rotatable bonds is 8. The van der Waals surface area contributed by atoms with Crippen molar-refractivity contribution in [2.45, 2.75) is 19.6 Å². The number of hydrogen-bond donors (Lipinski definition) is 1. The van der Waals surface area contributed by atoms with E-state index in [-0.39, 0.29) is 23.1 Å². The van der Waals surface area contributed by atoms with Crippen molar-refractivity contribution in [3.8, 4) is 23.1 Å². The minimum absolute atomic E-state index is 0.179. The molecule has 1 heterocycles. The Morgan fingerprint density at radius 3 is 2.28 bits per heavy atom. The Hall–Kier alpha value is -3.98. The predicted molar refractivity (Wildman–Crippen MR) is 129 cm³/mol. The molecular weight excluding hydrogens is 495 g/mol. The standard InChI is InChI=1S/C26H21ClF3N3O3/c1-17-6-10-19(11-7-17)36-20-12-8-18(9-13-20)15-31-24(34)16-35-25-14-23(26(28,29)30)32-33(25)22-5-3-2-4-21(22)27/h2-14H,15-16H2,1H3,(H,31,34). The first-order valence-corrected chi connectivity index (χ1v) is 11.2. The van der Waals surface area contributed by atoms with E-state index in [0.717, 1.165) is 21.9 Å². The molecule has 0 bridgehead atoms. The molecule has 0 radical (unpaired) electrons. The summed E-state index contributed by atoms with van der Waals surface area (Å²) >= 11 is 6.11. The highest BCUT2D eigenvalue weighted by atomic mass is 35.5. The molecule has 1 aromatic heterocycles. The van der Waals surface area contributed by atoms with E-state index < -0.39 is 24.4 Å². The number of benzene rings is 3. The van der Waals surface area contributed by atoms with Crippen molar-refractivity contribution >= 4 is 17.5 Å². The molecule has 186 valence electrons. The van der Waals surface area contributed by atoms with E-state index in [2.05, 4.69) is 10.4 Å². The van der Waals surface area contributed by atoms with Crippen LogP contribution in [0.4, 0.5) is 13.2 Å². The van der Waals surface area contributed by atoms with Crippen molar-refractivity contribution < 1.29 is 27.4 Å². The fourth-order valence-electron chi connectivity index (χ4n) is 3.21. The maximum atomic E-state index is 13.2. The number of nitrogens with zero attached hydrogens (tertiary/aromatic N) is 2. The molecule has 10 heteroatoms. The zero-order valence-electron chi connectivity index (χ0n) is 19.1. The third kappa shape index (κ3) is 6.37. The van der Waals surface area contributed by atoms with Gasteiger partial charge in [-0.2, -0.15) is 23.0 Å². The Morgan fingerprint density at radius 1 is 1.00 bits per heavy atom. The van der Waals surface area contributed by atoms with Gasteiger partial charge in [-0.05, 0) is 48.9 Å². The Balaban J connectivity index is 1.35. The van der Waals surface area contributed by atoms with Gasteiger partial charge in [0.2, 0.25) is 5.88 Å². The molecule has 1 N–H and O–H groups in total. The normalized spacial score (nSPS) is 11.2. The van der Waals surface area contributed by atoms with Crippen LogP contribution < -0.4 is 14.8 Å². The number of hydrogen-bond acceptors (Lipinski definition) is 4. The van der Waals surface area contributed by atoms with Gasteiger partial charge in [-0.25, -0.2) is 0 Å². The summed E-state index contributed by atoms with van der Waals surface area (Å²) in [7, 11) is 0. The molecule has 0 aliphatic heterocycles. The van der Waals surface area contributed by atoms with Gasteiger partial charge in [0.15, 0.2) is 12.3 Å². The Morgan fingerprint density at radius 2 is 1.64 bits per heavy atom. The molecule has 0 saturated heterocycles. The molecule has 0 unspecified atom stereocenters. The number of nitrogens with one attached hydrogen (secondary N) is 1. The smallest absolute Gasteiger partial charge is 0.435 e. The summed E-state index contributed by atoms with van der Waals surface area (Å²) in [4.78, 5) is 12.3. The number of carbonyl (C=O) groups is 1. The van der Waals surface area contributed by atoms with Gasteiger partial charge in [-0.1, -0.05) is 53.6 Å². The van der Waals surface area contributed by atoms with Gasteiger partial charge in [0.25, 0.3) is 5.91 Å². The molecular formula is C26H21ClF3N3O3. The number of ether oxygens (including phenoxy) is 2. The molecule has 0 aliphatic carbocycles. The summed E-state index contributed by atoms with van der Waals surface area (Å²) in [6, 6.07) is 21.8. The Kier molecular flexibility index (Phi) is 7.49. The number of amides is 1. The summed E-state index contributed by atoms with van der Waals surface area (Å²) in [5.41, 5.74) is 0.968. The second kappa shape index (κ2) is 10.7. The average molecular weight is 516 g/mol. The number of aryl methyl sites for hydroxylation is 1. The van der Waals surface area contributed by atoms with Gasteiger partial charge in [0.05, 0.1) is 10.7 Å². The lowest BCUT2D eigenvalue weighted by Crippen LogP contribution is -2.28. The van der Waals surface area contributed by atoms with Crippen LogP contribution in [0.15, 0.2) is 78.9 Å². The molecule has 0 atom stereocenters. The highest BCUT2D eigenvalue weighted by Crippen LogP contribution is 2.33. The average Bonchev–Trinajstić information content (AvgIpc) is 3.29. The molecule has 1 amide bonds. The lowest BCUT2D eigenvalue weighted by atomic mass is 10.2. The Labute approximate surface area is 210 Å². The highest BCUT2D eigenvalue weighted by Gasteiger charge is 2.36. The van der Waals surface area contributed by atoms with Crippen molar-refractivity contribution in [1.82, 2.24) is 15.1 Å². The van der Waals surface area contributed by atoms with Crippen molar-refractivity contribution in [3.63, 3.8) is 0 Å². The van der Waals surface area contributed by atoms with E-state index >= 15 is 0 Å². The van der Waals surface area contributed by atoms with Gasteiger partial charge in [0.1, 0.15) is 11.5 Å². The van der Waals surface area contributed by atoms with Crippen LogP contribution in [0.5, 0.6) is 17.4 Å². The van der Waals surface area contributed by atoms with E-state index in [0.29, 0.717) is 11.5 Å². The van der Waals surface area contributed by atoms with Crippen molar-refractivity contribution in [3.05, 3.63) is 101 Å². The van der Waals surface area contributed by atoms with Crippen LogP contribution in [-0.2, 0) is 17.5 Å². The second-order valence-corrected chi connectivity index (χ2v) is 8.26. The first-order valence-electron chi connectivity index (χ1n) is 10.8. The maximum Gasteiger partial charge on any atom is 0.435 e. The number of halogens is 4.